The van der Waals surface area contributed by atoms with Crippen LogP contribution >= 0.6 is 11.3 Å². The van der Waals surface area contributed by atoms with Gasteiger partial charge in [0.15, 0.2) is 0 Å². The van der Waals surface area contributed by atoms with E-state index in [1.807, 2.05) is 36.6 Å². The molecule has 4 rings (SSSR count). The monoisotopic (exact) mass is 369 g/mol. The second-order valence-electron chi connectivity index (χ2n) is 7.23. The van der Waals surface area contributed by atoms with Gasteiger partial charge in [-0.25, -0.2) is 4.98 Å². The normalized spacial score (nSPS) is 21.0. The van der Waals surface area contributed by atoms with Gasteiger partial charge in [0.25, 0.3) is 5.91 Å². The molecule has 2 aliphatic rings. The van der Waals surface area contributed by atoms with Gasteiger partial charge in [0, 0.05) is 17.8 Å². The van der Waals surface area contributed by atoms with Gasteiger partial charge in [-0.15, -0.1) is 11.3 Å². The summed E-state index contributed by atoms with van der Waals surface area (Å²) in [5.74, 6) is 0.0321. The molecule has 2 heterocycles. The van der Waals surface area contributed by atoms with E-state index in [1.165, 1.54) is 32.1 Å². The van der Waals surface area contributed by atoms with E-state index in [0.29, 0.717) is 23.8 Å². The van der Waals surface area contributed by atoms with Crippen molar-refractivity contribution in [3.63, 3.8) is 0 Å². The molecule has 2 amide bonds. The van der Waals surface area contributed by atoms with Crippen molar-refractivity contribution in [1.82, 2.24) is 4.98 Å². The Bertz CT molecular complexity index is 826. The highest BCUT2D eigenvalue weighted by Crippen LogP contribution is 2.35. The maximum Gasteiger partial charge on any atom is 0.277 e. The standard InChI is InChI=1S/C20H23N3O2S/c1-13-11-23(17-10-6-5-9-15(17)21-18(13)24)20(25)16-12-26-19(22-16)14-7-3-2-4-8-14/h5-6,9-10,12-14H,2-4,7-8,11H2,1H3,(H,21,24). The number of hydrogen-bond donors (Lipinski definition) is 1. The van der Waals surface area contributed by atoms with Gasteiger partial charge in [-0.05, 0) is 25.0 Å². The molecule has 1 atom stereocenters. The molecule has 1 fully saturated rings. The van der Waals surface area contributed by atoms with Gasteiger partial charge in [0.2, 0.25) is 5.91 Å². The molecule has 1 N–H and O–H groups in total. The summed E-state index contributed by atoms with van der Waals surface area (Å²) >= 11 is 1.60. The van der Waals surface area contributed by atoms with Crippen LogP contribution in [0.2, 0.25) is 0 Å². The zero-order chi connectivity index (χ0) is 18.1. The fourth-order valence-corrected chi connectivity index (χ4v) is 4.74. The smallest absolute Gasteiger partial charge is 0.277 e. The first-order valence-electron chi connectivity index (χ1n) is 9.30. The van der Waals surface area contributed by atoms with Crippen molar-refractivity contribution in [2.45, 2.75) is 44.9 Å². The molecule has 1 saturated carbocycles. The number of hydrogen-bond acceptors (Lipinski definition) is 4. The molecule has 0 radical (unpaired) electrons. The van der Waals surface area contributed by atoms with Gasteiger partial charge in [-0.1, -0.05) is 38.3 Å². The zero-order valence-corrected chi connectivity index (χ0v) is 15.7. The van der Waals surface area contributed by atoms with E-state index in [-0.39, 0.29) is 17.7 Å². The Hall–Kier alpha value is -2.21. The Balaban J connectivity index is 1.63. The highest BCUT2D eigenvalue weighted by molar-refractivity contribution is 7.10. The van der Waals surface area contributed by atoms with Crippen LogP contribution < -0.4 is 10.2 Å². The number of fused-ring (bicyclic) bond motifs is 1. The number of nitrogens with one attached hydrogen (secondary N) is 1. The maximum absolute atomic E-state index is 13.2. The number of para-hydroxylation sites is 2. The average Bonchev–Trinajstić information content (AvgIpc) is 3.12. The number of anilines is 2. The van der Waals surface area contributed by atoms with Crippen molar-refractivity contribution >= 4 is 34.5 Å². The minimum absolute atomic E-state index is 0.0612. The molecule has 1 aliphatic carbocycles. The number of rotatable bonds is 2. The molecule has 1 aromatic heterocycles. The van der Waals surface area contributed by atoms with Crippen LogP contribution in [0.3, 0.4) is 0 Å². The number of benzene rings is 1. The lowest BCUT2D eigenvalue weighted by Gasteiger charge is -2.22. The summed E-state index contributed by atoms with van der Waals surface area (Å²) in [7, 11) is 0. The number of thiazole rings is 1. The first-order chi connectivity index (χ1) is 12.6. The first-order valence-corrected chi connectivity index (χ1v) is 10.2. The van der Waals surface area contributed by atoms with E-state index in [0.717, 1.165) is 10.7 Å². The lowest BCUT2D eigenvalue weighted by atomic mass is 9.90. The Kier molecular flexibility index (Phi) is 4.76. The van der Waals surface area contributed by atoms with Crippen LogP contribution in [-0.2, 0) is 4.79 Å². The van der Waals surface area contributed by atoms with E-state index in [4.69, 9.17) is 0 Å². The predicted octanol–water partition coefficient (Wildman–Crippen LogP) is 4.43. The fraction of sp³-hybridized carbons (Fsp3) is 0.450. The molecule has 1 unspecified atom stereocenters. The molecule has 0 saturated heterocycles. The van der Waals surface area contributed by atoms with Crippen LogP contribution in [0, 0.1) is 5.92 Å². The number of aromatic nitrogens is 1. The number of amides is 2. The molecule has 136 valence electrons. The SMILES string of the molecule is CC1CN(C(=O)c2csc(C3CCCCC3)n2)c2ccccc2NC1=O. The van der Waals surface area contributed by atoms with Crippen molar-refractivity contribution < 1.29 is 9.59 Å². The van der Waals surface area contributed by atoms with Crippen LogP contribution in [0.15, 0.2) is 29.6 Å². The van der Waals surface area contributed by atoms with Crippen LogP contribution in [0.1, 0.15) is 60.4 Å². The van der Waals surface area contributed by atoms with E-state index >= 15 is 0 Å². The van der Waals surface area contributed by atoms with Crippen molar-refractivity contribution in [2.24, 2.45) is 5.92 Å². The highest BCUT2D eigenvalue weighted by atomic mass is 32.1. The molecular formula is C20H23N3O2S. The molecule has 5 nitrogen and oxygen atoms in total. The minimum Gasteiger partial charge on any atom is -0.324 e. The van der Waals surface area contributed by atoms with E-state index in [9.17, 15) is 9.59 Å². The number of carbonyl (C=O) groups is 2. The number of carbonyl (C=O) groups excluding carboxylic acids is 2. The van der Waals surface area contributed by atoms with Gasteiger partial charge in [-0.2, -0.15) is 0 Å². The van der Waals surface area contributed by atoms with E-state index in [2.05, 4.69) is 10.3 Å². The Labute approximate surface area is 157 Å². The van der Waals surface area contributed by atoms with Gasteiger partial charge in [-0.3, -0.25) is 9.59 Å². The second kappa shape index (κ2) is 7.19. The minimum atomic E-state index is -0.275. The Morgan fingerprint density at radius 1 is 1.23 bits per heavy atom. The van der Waals surface area contributed by atoms with Gasteiger partial charge in [0.05, 0.1) is 22.3 Å². The third kappa shape index (κ3) is 3.26. The second-order valence-corrected chi connectivity index (χ2v) is 8.12. The maximum atomic E-state index is 13.2. The third-order valence-electron chi connectivity index (χ3n) is 5.30. The predicted molar refractivity (Wildman–Crippen MR) is 104 cm³/mol. The molecule has 1 aliphatic heterocycles. The van der Waals surface area contributed by atoms with Crippen molar-refractivity contribution in [3.05, 3.63) is 40.3 Å². The molecular weight excluding hydrogens is 346 g/mol. The summed E-state index contributed by atoms with van der Waals surface area (Å²) in [6.45, 7) is 2.20. The summed E-state index contributed by atoms with van der Waals surface area (Å²) in [6, 6.07) is 7.46. The lowest BCUT2D eigenvalue weighted by Crippen LogP contribution is -2.36. The van der Waals surface area contributed by atoms with E-state index in [1.54, 1.807) is 16.2 Å². The summed E-state index contributed by atoms with van der Waals surface area (Å²) < 4.78 is 0. The van der Waals surface area contributed by atoms with Crippen LogP contribution in [0.25, 0.3) is 0 Å². The molecule has 0 spiro atoms. The zero-order valence-electron chi connectivity index (χ0n) is 14.9. The Morgan fingerprint density at radius 2 is 2.00 bits per heavy atom. The largest absolute Gasteiger partial charge is 0.324 e. The molecule has 2 aromatic rings. The lowest BCUT2D eigenvalue weighted by molar-refractivity contribution is -0.119. The molecule has 6 heteroatoms. The summed E-state index contributed by atoms with van der Waals surface area (Å²) in [5.41, 5.74) is 1.91. The van der Waals surface area contributed by atoms with Crippen molar-refractivity contribution in [2.75, 3.05) is 16.8 Å². The van der Waals surface area contributed by atoms with Crippen LogP contribution in [-0.4, -0.2) is 23.3 Å². The first kappa shape index (κ1) is 17.2. The van der Waals surface area contributed by atoms with Gasteiger partial charge in [0.1, 0.15) is 5.69 Å². The number of nitrogens with zero attached hydrogens (tertiary/aromatic N) is 2. The Morgan fingerprint density at radius 3 is 2.81 bits per heavy atom. The summed E-state index contributed by atoms with van der Waals surface area (Å²) in [4.78, 5) is 31.8. The van der Waals surface area contributed by atoms with Gasteiger partial charge >= 0.3 is 0 Å². The third-order valence-corrected chi connectivity index (χ3v) is 6.30. The summed E-state index contributed by atoms with van der Waals surface area (Å²) in [6.07, 6.45) is 6.14. The van der Waals surface area contributed by atoms with Crippen LogP contribution in [0.5, 0.6) is 0 Å². The highest BCUT2D eigenvalue weighted by Gasteiger charge is 2.30. The molecule has 1 aromatic carbocycles. The fourth-order valence-electron chi connectivity index (χ4n) is 3.78. The topological polar surface area (TPSA) is 62.3 Å². The van der Waals surface area contributed by atoms with Gasteiger partial charge < -0.3 is 10.2 Å². The van der Waals surface area contributed by atoms with Crippen molar-refractivity contribution in [1.29, 1.82) is 0 Å². The van der Waals surface area contributed by atoms with E-state index < -0.39 is 0 Å². The summed E-state index contributed by atoms with van der Waals surface area (Å²) in [5, 5.41) is 5.87. The van der Waals surface area contributed by atoms with Crippen molar-refractivity contribution in [3.8, 4) is 0 Å². The average molecular weight is 369 g/mol. The van der Waals surface area contributed by atoms with Crippen LogP contribution in [0.4, 0.5) is 11.4 Å². The molecule has 0 bridgehead atoms. The quantitative estimate of drug-likeness (QED) is 0.852. The molecule has 26 heavy (non-hydrogen) atoms.